The number of ether oxygens (including phenoxy) is 2. The van der Waals surface area contributed by atoms with Crippen molar-refractivity contribution in [3.63, 3.8) is 0 Å². The van der Waals surface area contributed by atoms with E-state index in [0.29, 0.717) is 32.6 Å². The van der Waals surface area contributed by atoms with Gasteiger partial charge in [0.25, 0.3) is 11.8 Å². The Bertz CT molecular complexity index is 994. The number of nitrogens with zero attached hydrogens (tertiary/aromatic N) is 1. The lowest BCUT2D eigenvalue weighted by molar-refractivity contribution is -0.123. The molecule has 1 heterocycles. The first-order valence-electron chi connectivity index (χ1n) is 7.99. The molecule has 9 heteroatoms. The van der Waals surface area contributed by atoms with Crippen LogP contribution in [0.3, 0.4) is 0 Å². The molecule has 2 aromatic carbocycles. The van der Waals surface area contributed by atoms with Crippen LogP contribution in [0.1, 0.15) is 15.9 Å². The summed E-state index contributed by atoms with van der Waals surface area (Å²) in [4.78, 5) is 25.5. The lowest BCUT2D eigenvalue weighted by Crippen LogP contribution is -2.44. The minimum atomic E-state index is -0.484. The number of carbonyl (C=O) groups excluding carboxylic acids is 2. The van der Waals surface area contributed by atoms with Gasteiger partial charge in [0, 0.05) is 22.2 Å². The van der Waals surface area contributed by atoms with Gasteiger partial charge in [-0.1, -0.05) is 29.4 Å². The average Bonchev–Trinajstić information content (AvgIpc) is 2.95. The fourth-order valence-corrected chi connectivity index (χ4v) is 3.80. The van der Waals surface area contributed by atoms with Crippen molar-refractivity contribution in [2.24, 2.45) is 0 Å². The van der Waals surface area contributed by atoms with Crippen LogP contribution in [-0.4, -0.2) is 35.4 Å². The van der Waals surface area contributed by atoms with Crippen LogP contribution < -0.4 is 14.9 Å². The number of hydrogen-bond donors (Lipinski definition) is 1. The van der Waals surface area contributed by atoms with Crippen LogP contribution in [0.25, 0.3) is 6.08 Å². The molecule has 1 fully saturated rings. The minimum absolute atomic E-state index is 0.221. The van der Waals surface area contributed by atoms with Gasteiger partial charge >= 0.3 is 0 Å². The lowest BCUT2D eigenvalue weighted by atomic mass is 10.1. The smallest absolute Gasteiger partial charge is 0.285 e. The molecule has 0 aromatic heterocycles. The summed E-state index contributed by atoms with van der Waals surface area (Å²) in [7, 11) is 3.09. The van der Waals surface area contributed by atoms with Crippen molar-refractivity contribution in [2.45, 2.75) is 0 Å². The Morgan fingerprint density at radius 2 is 2.00 bits per heavy atom. The zero-order valence-electron chi connectivity index (χ0n) is 14.9. The van der Waals surface area contributed by atoms with Crippen molar-refractivity contribution in [3.05, 3.63) is 63.5 Å². The largest absolute Gasteiger partial charge is 0.497 e. The molecule has 0 saturated carbocycles. The first-order valence-corrected chi connectivity index (χ1v) is 9.59. The topological polar surface area (TPSA) is 67.9 Å². The van der Waals surface area contributed by atoms with Crippen molar-refractivity contribution in [1.82, 2.24) is 10.4 Å². The Labute approximate surface area is 176 Å². The third-order valence-electron chi connectivity index (χ3n) is 3.82. The van der Waals surface area contributed by atoms with E-state index in [-0.39, 0.29) is 4.32 Å². The molecule has 0 radical (unpaired) electrons. The molecule has 28 heavy (non-hydrogen) atoms. The van der Waals surface area contributed by atoms with Crippen molar-refractivity contribution < 1.29 is 19.1 Å². The van der Waals surface area contributed by atoms with E-state index >= 15 is 0 Å². The molecular formula is C19H15ClN2O4S2. The third kappa shape index (κ3) is 4.30. The second-order valence-electron chi connectivity index (χ2n) is 5.58. The van der Waals surface area contributed by atoms with Gasteiger partial charge < -0.3 is 9.47 Å². The molecule has 144 valence electrons. The second-order valence-corrected chi connectivity index (χ2v) is 7.69. The molecular weight excluding hydrogens is 420 g/mol. The Morgan fingerprint density at radius 3 is 2.68 bits per heavy atom. The van der Waals surface area contributed by atoms with Crippen LogP contribution >= 0.6 is 35.6 Å². The van der Waals surface area contributed by atoms with E-state index in [1.807, 2.05) is 0 Å². The predicted molar refractivity (Wildman–Crippen MR) is 113 cm³/mol. The fourth-order valence-electron chi connectivity index (χ4n) is 2.44. The molecule has 1 saturated heterocycles. The van der Waals surface area contributed by atoms with Crippen LogP contribution in [0.2, 0.25) is 5.02 Å². The number of benzene rings is 2. The maximum absolute atomic E-state index is 12.7. The van der Waals surface area contributed by atoms with Crippen molar-refractivity contribution >= 4 is 57.8 Å². The molecule has 1 aliphatic heterocycles. The summed E-state index contributed by atoms with van der Waals surface area (Å²) in [5.74, 6) is 0.272. The molecule has 1 aliphatic rings. The molecule has 0 atom stereocenters. The summed E-state index contributed by atoms with van der Waals surface area (Å²) in [5, 5.41) is 1.47. The number of methoxy groups -OCH3 is 2. The highest BCUT2D eigenvalue weighted by Crippen LogP contribution is 2.34. The number of rotatable bonds is 5. The summed E-state index contributed by atoms with van der Waals surface area (Å²) in [5.41, 5.74) is 3.52. The lowest BCUT2D eigenvalue weighted by Gasteiger charge is -2.15. The SMILES string of the molecule is COc1ccc(C=C2SC(=S)N(NC(=O)c3cccc(Cl)c3)C2=O)c(OC)c1. The molecule has 3 rings (SSSR count). The number of hydrogen-bond acceptors (Lipinski definition) is 6. The van der Waals surface area contributed by atoms with Gasteiger partial charge in [0.2, 0.25) is 0 Å². The Balaban J connectivity index is 1.82. The van der Waals surface area contributed by atoms with Crippen molar-refractivity contribution in [2.75, 3.05) is 14.2 Å². The second kappa shape index (κ2) is 8.64. The molecule has 1 N–H and O–H groups in total. The van der Waals surface area contributed by atoms with E-state index in [1.54, 1.807) is 49.6 Å². The summed E-state index contributed by atoms with van der Waals surface area (Å²) in [6, 6.07) is 11.7. The number of carbonyl (C=O) groups is 2. The molecule has 2 aromatic rings. The maximum atomic E-state index is 12.7. The van der Waals surface area contributed by atoms with Gasteiger partial charge in [0.1, 0.15) is 11.5 Å². The molecule has 2 amide bonds. The number of thiocarbonyl (C=S) groups is 1. The van der Waals surface area contributed by atoms with E-state index in [4.69, 9.17) is 33.3 Å². The first kappa shape index (κ1) is 20.2. The van der Waals surface area contributed by atoms with Crippen molar-refractivity contribution in [1.29, 1.82) is 0 Å². The Kier molecular flexibility index (Phi) is 6.23. The average molecular weight is 435 g/mol. The van der Waals surface area contributed by atoms with Crippen LogP contribution in [0, 0.1) is 0 Å². The minimum Gasteiger partial charge on any atom is -0.497 e. The monoisotopic (exact) mass is 434 g/mol. The third-order valence-corrected chi connectivity index (χ3v) is 5.36. The van der Waals surface area contributed by atoms with Gasteiger partial charge in [0.15, 0.2) is 4.32 Å². The van der Waals surface area contributed by atoms with Gasteiger partial charge in [-0.3, -0.25) is 15.0 Å². The van der Waals surface area contributed by atoms with Gasteiger partial charge in [-0.25, -0.2) is 0 Å². The van der Waals surface area contributed by atoms with E-state index < -0.39 is 11.8 Å². The highest BCUT2D eigenvalue weighted by molar-refractivity contribution is 8.26. The Morgan fingerprint density at radius 1 is 1.21 bits per heavy atom. The number of amides is 2. The molecule has 0 bridgehead atoms. The summed E-state index contributed by atoms with van der Waals surface area (Å²) in [6.07, 6.45) is 1.66. The molecule has 0 spiro atoms. The fraction of sp³-hybridized carbons (Fsp3) is 0.105. The normalized spacial score (nSPS) is 15.1. The maximum Gasteiger partial charge on any atom is 0.285 e. The van der Waals surface area contributed by atoms with Gasteiger partial charge in [-0.05, 0) is 48.6 Å². The first-order chi connectivity index (χ1) is 13.4. The van der Waals surface area contributed by atoms with E-state index in [2.05, 4.69) is 5.43 Å². The van der Waals surface area contributed by atoms with Gasteiger partial charge in [-0.2, -0.15) is 5.01 Å². The Hall–Kier alpha value is -2.55. The number of nitrogens with one attached hydrogen (secondary N) is 1. The highest BCUT2D eigenvalue weighted by atomic mass is 35.5. The molecule has 0 unspecified atom stereocenters. The molecule has 6 nitrogen and oxygen atoms in total. The highest BCUT2D eigenvalue weighted by Gasteiger charge is 2.34. The zero-order chi connectivity index (χ0) is 20.3. The zero-order valence-corrected chi connectivity index (χ0v) is 17.3. The van der Waals surface area contributed by atoms with E-state index in [9.17, 15) is 9.59 Å². The number of thioether (sulfide) groups is 1. The molecule has 0 aliphatic carbocycles. The number of hydrazine groups is 1. The van der Waals surface area contributed by atoms with Gasteiger partial charge in [0.05, 0.1) is 19.1 Å². The predicted octanol–water partition coefficient (Wildman–Crippen LogP) is 3.90. The number of halogens is 1. The summed E-state index contributed by atoms with van der Waals surface area (Å²) < 4.78 is 10.7. The van der Waals surface area contributed by atoms with Crippen LogP contribution in [0.4, 0.5) is 0 Å². The van der Waals surface area contributed by atoms with Crippen LogP contribution in [0.5, 0.6) is 11.5 Å². The standard InChI is InChI=1S/C19H15ClN2O4S2/c1-25-14-7-6-11(15(10-14)26-2)9-16-18(24)22(19(27)28-16)21-17(23)12-4-3-5-13(20)8-12/h3-10H,1-2H3,(H,21,23). The van der Waals surface area contributed by atoms with E-state index in [0.717, 1.165) is 16.8 Å². The van der Waals surface area contributed by atoms with Crippen LogP contribution in [-0.2, 0) is 4.79 Å². The van der Waals surface area contributed by atoms with Gasteiger partial charge in [-0.15, -0.1) is 0 Å². The quantitative estimate of drug-likeness (QED) is 0.568. The van der Waals surface area contributed by atoms with E-state index in [1.165, 1.54) is 13.2 Å². The van der Waals surface area contributed by atoms with Crippen molar-refractivity contribution in [3.8, 4) is 11.5 Å². The summed E-state index contributed by atoms with van der Waals surface area (Å²) in [6.45, 7) is 0. The summed E-state index contributed by atoms with van der Waals surface area (Å²) >= 11 is 12.2. The van der Waals surface area contributed by atoms with Crippen LogP contribution in [0.15, 0.2) is 47.4 Å².